The molecule has 0 spiro atoms. The minimum absolute atomic E-state index is 0.360. The van der Waals surface area contributed by atoms with Gasteiger partial charge in [0, 0.05) is 26.2 Å². The average molecular weight is 244 g/mol. The average Bonchev–Trinajstić information content (AvgIpc) is 2.31. The Balaban J connectivity index is 2.30. The molecular formula is C12H24N2O3. The lowest BCUT2D eigenvalue weighted by molar-refractivity contribution is -0.140. The Kier molecular flexibility index (Phi) is 6.47. The van der Waals surface area contributed by atoms with E-state index in [2.05, 4.69) is 10.2 Å². The molecular weight excluding hydrogens is 220 g/mol. The number of carbonyl (C=O) groups is 1. The molecule has 1 aliphatic heterocycles. The first-order valence-corrected chi connectivity index (χ1v) is 6.47. The lowest BCUT2D eigenvalue weighted by atomic mass is 10.1. The number of carboxylic acids is 1. The van der Waals surface area contributed by atoms with E-state index < -0.39 is 12.0 Å². The molecule has 5 nitrogen and oxygen atoms in total. The highest BCUT2D eigenvalue weighted by molar-refractivity contribution is 5.73. The maximum Gasteiger partial charge on any atom is 0.322 e. The van der Waals surface area contributed by atoms with Crippen LogP contribution >= 0.6 is 0 Å². The maximum absolute atomic E-state index is 11.0. The van der Waals surface area contributed by atoms with Gasteiger partial charge in [0.15, 0.2) is 0 Å². The van der Waals surface area contributed by atoms with Crippen molar-refractivity contribution in [2.75, 3.05) is 32.8 Å². The second kappa shape index (κ2) is 7.63. The van der Waals surface area contributed by atoms with Crippen LogP contribution in [0, 0.1) is 0 Å². The number of nitrogens with zero attached hydrogens (tertiary/aromatic N) is 1. The molecule has 0 saturated carbocycles. The van der Waals surface area contributed by atoms with Gasteiger partial charge in [-0.15, -0.1) is 0 Å². The van der Waals surface area contributed by atoms with E-state index in [1.807, 2.05) is 13.8 Å². The normalized spacial score (nSPS) is 20.4. The maximum atomic E-state index is 11.0. The highest BCUT2D eigenvalue weighted by Crippen LogP contribution is 2.13. The lowest BCUT2D eigenvalue weighted by Crippen LogP contribution is -2.48. The van der Waals surface area contributed by atoms with Crippen molar-refractivity contribution in [2.24, 2.45) is 0 Å². The molecule has 0 aliphatic carbocycles. The van der Waals surface area contributed by atoms with Crippen LogP contribution in [0.3, 0.4) is 0 Å². The van der Waals surface area contributed by atoms with Crippen molar-refractivity contribution in [1.29, 1.82) is 0 Å². The predicted octanol–water partition coefficient (Wildman–Crippen LogP) is 0.550. The molecule has 5 heteroatoms. The van der Waals surface area contributed by atoms with Crippen molar-refractivity contribution in [3.05, 3.63) is 0 Å². The van der Waals surface area contributed by atoms with Crippen LogP contribution in [-0.2, 0) is 9.53 Å². The van der Waals surface area contributed by atoms with Crippen molar-refractivity contribution in [1.82, 2.24) is 10.2 Å². The van der Waals surface area contributed by atoms with Gasteiger partial charge >= 0.3 is 5.97 Å². The Morgan fingerprint density at radius 2 is 2.12 bits per heavy atom. The monoisotopic (exact) mass is 244 g/mol. The largest absolute Gasteiger partial charge is 0.480 e. The van der Waals surface area contributed by atoms with Gasteiger partial charge in [-0.1, -0.05) is 6.92 Å². The molecule has 0 bridgehead atoms. The van der Waals surface area contributed by atoms with Gasteiger partial charge in [-0.2, -0.15) is 0 Å². The van der Waals surface area contributed by atoms with E-state index in [9.17, 15) is 4.79 Å². The molecule has 1 atom stereocenters. The van der Waals surface area contributed by atoms with Gasteiger partial charge < -0.3 is 20.1 Å². The number of nitrogens with one attached hydrogen (secondary N) is 1. The predicted molar refractivity (Wildman–Crippen MR) is 66.2 cm³/mol. The smallest absolute Gasteiger partial charge is 0.322 e. The Morgan fingerprint density at radius 3 is 2.59 bits per heavy atom. The van der Waals surface area contributed by atoms with Crippen LogP contribution in [0.1, 0.15) is 26.7 Å². The second-order valence-corrected chi connectivity index (χ2v) is 4.40. The van der Waals surface area contributed by atoms with E-state index in [4.69, 9.17) is 9.84 Å². The Morgan fingerprint density at radius 1 is 1.47 bits per heavy atom. The van der Waals surface area contributed by atoms with Crippen molar-refractivity contribution >= 4 is 5.97 Å². The van der Waals surface area contributed by atoms with Gasteiger partial charge in [-0.25, -0.2) is 0 Å². The highest BCUT2D eigenvalue weighted by Gasteiger charge is 2.24. The fourth-order valence-corrected chi connectivity index (χ4v) is 2.23. The number of rotatable bonds is 7. The standard InChI is InChI=1S/C12H24N2O3/c1-3-13-11(12(15)16)9-14-7-5-10(6-8-14)17-4-2/h10-11,13H,3-9H2,1-2H3,(H,15,16). The number of carboxylic acid groups (broad SMARTS) is 1. The summed E-state index contributed by atoms with van der Waals surface area (Å²) in [6, 6.07) is -0.455. The van der Waals surface area contributed by atoms with Crippen LogP contribution in [0.5, 0.6) is 0 Å². The first-order valence-electron chi connectivity index (χ1n) is 6.47. The molecule has 0 amide bonds. The van der Waals surface area contributed by atoms with E-state index in [1.54, 1.807) is 0 Å². The lowest BCUT2D eigenvalue weighted by Gasteiger charge is -2.33. The fourth-order valence-electron chi connectivity index (χ4n) is 2.23. The first kappa shape index (κ1) is 14.4. The van der Waals surface area contributed by atoms with Gasteiger partial charge in [0.2, 0.25) is 0 Å². The molecule has 17 heavy (non-hydrogen) atoms. The minimum atomic E-state index is -0.765. The summed E-state index contributed by atoms with van der Waals surface area (Å²) in [5.41, 5.74) is 0. The van der Waals surface area contributed by atoms with E-state index in [1.165, 1.54) is 0 Å². The number of likely N-dealkylation sites (N-methyl/N-ethyl adjacent to an activating group) is 1. The molecule has 0 aromatic rings. The number of aliphatic carboxylic acids is 1. The topological polar surface area (TPSA) is 61.8 Å². The molecule has 0 radical (unpaired) electrons. The minimum Gasteiger partial charge on any atom is -0.480 e. The third-order valence-corrected chi connectivity index (χ3v) is 3.13. The molecule has 0 aromatic carbocycles. The zero-order valence-corrected chi connectivity index (χ0v) is 10.8. The van der Waals surface area contributed by atoms with Crippen molar-refractivity contribution in [2.45, 2.75) is 38.8 Å². The van der Waals surface area contributed by atoms with Gasteiger partial charge in [0.1, 0.15) is 6.04 Å². The van der Waals surface area contributed by atoms with E-state index >= 15 is 0 Å². The van der Waals surface area contributed by atoms with Gasteiger partial charge in [0.05, 0.1) is 6.10 Å². The summed E-state index contributed by atoms with van der Waals surface area (Å²) in [6.07, 6.45) is 2.37. The Bertz CT molecular complexity index is 228. The van der Waals surface area contributed by atoms with Gasteiger partial charge in [0.25, 0.3) is 0 Å². The molecule has 0 aromatic heterocycles. The summed E-state index contributed by atoms with van der Waals surface area (Å²) >= 11 is 0. The van der Waals surface area contributed by atoms with Crippen molar-refractivity contribution in [3.8, 4) is 0 Å². The van der Waals surface area contributed by atoms with E-state index in [0.29, 0.717) is 19.2 Å². The van der Waals surface area contributed by atoms with Crippen molar-refractivity contribution < 1.29 is 14.6 Å². The summed E-state index contributed by atoms with van der Waals surface area (Å²) in [6.45, 7) is 7.84. The molecule has 1 unspecified atom stereocenters. The molecule has 100 valence electrons. The van der Waals surface area contributed by atoms with Crippen LogP contribution < -0.4 is 5.32 Å². The molecule has 1 fully saturated rings. The van der Waals surface area contributed by atoms with Crippen LogP contribution in [0.15, 0.2) is 0 Å². The van der Waals surface area contributed by atoms with Crippen LogP contribution in [-0.4, -0.2) is 60.9 Å². The number of ether oxygens (including phenoxy) is 1. The number of hydrogen-bond acceptors (Lipinski definition) is 4. The zero-order chi connectivity index (χ0) is 12.7. The second-order valence-electron chi connectivity index (χ2n) is 4.40. The van der Waals surface area contributed by atoms with Crippen LogP contribution in [0.2, 0.25) is 0 Å². The molecule has 1 aliphatic rings. The summed E-state index contributed by atoms with van der Waals surface area (Å²) < 4.78 is 5.57. The third-order valence-electron chi connectivity index (χ3n) is 3.13. The highest BCUT2D eigenvalue weighted by atomic mass is 16.5. The third kappa shape index (κ3) is 5.02. The molecule has 1 saturated heterocycles. The number of hydrogen-bond donors (Lipinski definition) is 2. The number of likely N-dealkylation sites (tertiary alicyclic amines) is 1. The van der Waals surface area contributed by atoms with Gasteiger partial charge in [-0.05, 0) is 26.3 Å². The molecule has 1 rings (SSSR count). The fraction of sp³-hybridized carbons (Fsp3) is 0.917. The molecule has 1 heterocycles. The zero-order valence-electron chi connectivity index (χ0n) is 10.8. The summed E-state index contributed by atoms with van der Waals surface area (Å²) in [4.78, 5) is 13.2. The Hall–Kier alpha value is -0.650. The van der Waals surface area contributed by atoms with Crippen molar-refractivity contribution in [3.63, 3.8) is 0 Å². The summed E-state index contributed by atoms with van der Waals surface area (Å²) in [5, 5.41) is 12.1. The SMILES string of the molecule is CCNC(CN1CCC(OCC)CC1)C(=O)O. The van der Waals surface area contributed by atoms with Crippen LogP contribution in [0.25, 0.3) is 0 Å². The van der Waals surface area contributed by atoms with E-state index in [0.717, 1.165) is 32.5 Å². The van der Waals surface area contributed by atoms with Crippen LogP contribution in [0.4, 0.5) is 0 Å². The van der Waals surface area contributed by atoms with E-state index in [-0.39, 0.29) is 0 Å². The molecule has 2 N–H and O–H groups in total. The van der Waals surface area contributed by atoms with Gasteiger partial charge in [-0.3, -0.25) is 4.79 Å². The summed E-state index contributed by atoms with van der Waals surface area (Å²) in [5.74, 6) is -0.765. The quantitative estimate of drug-likeness (QED) is 0.685. The summed E-state index contributed by atoms with van der Waals surface area (Å²) in [7, 11) is 0. The Labute approximate surface area is 103 Å². The first-order chi connectivity index (χ1) is 8.17. The number of piperidine rings is 1.